The topological polar surface area (TPSA) is 58.6 Å². The van der Waals surface area contributed by atoms with Crippen LogP contribution in [0.15, 0.2) is 18.2 Å². The molecule has 0 heterocycles. The number of nitrogens with one attached hydrogen (secondary N) is 1. The molecule has 0 spiro atoms. The van der Waals surface area contributed by atoms with Gasteiger partial charge in [-0.25, -0.2) is 0 Å². The molecule has 0 bridgehead atoms. The lowest BCUT2D eigenvalue weighted by atomic mass is 9.85. The van der Waals surface area contributed by atoms with Crippen LogP contribution in [0.1, 0.15) is 29.6 Å². The average molecular weight is 235 g/mol. The SMILES string of the molecule is COc1ccc(C(=O)NCC2CCC2)cc1O. The van der Waals surface area contributed by atoms with Crippen LogP contribution in [0, 0.1) is 5.92 Å². The van der Waals surface area contributed by atoms with Gasteiger partial charge in [0.15, 0.2) is 11.5 Å². The molecule has 17 heavy (non-hydrogen) atoms. The van der Waals surface area contributed by atoms with E-state index >= 15 is 0 Å². The number of rotatable bonds is 4. The van der Waals surface area contributed by atoms with Crippen LogP contribution in [0.25, 0.3) is 0 Å². The fraction of sp³-hybridized carbons (Fsp3) is 0.462. The number of carbonyl (C=O) groups is 1. The van der Waals surface area contributed by atoms with Crippen molar-refractivity contribution in [1.82, 2.24) is 5.32 Å². The van der Waals surface area contributed by atoms with Crippen LogP contribution in [0.4, 0.5) is 0 Å². The molecule has 92 valence electrons. The first-order valence-corrected chi connectivity index (χ1v) is 5.86. The molecule has 4 heteroatoms. The second-order valence-corrected chi connectivity index (χ2v) is 4.39. The Balaban J connectivity index is 1.95. The van der Waals surface area contributed by atoms with E-state index in [4.69, 9.17) is 4.74 Å². The fourth-order valence-electron chi connectivity index (χ4n) is 1.87. The zero-order chi connectivity index (χ0) is 12.3. The Hall–Kier alpha value is -1.71. The molecule has 0 saturated heterocycles. The molecular formula is C13H17NO3. The molecule has 0 aromatic heterocycles. The van der Waals surface area contributed by atoms with Gasteiger partial charge in [-0.1, -0.05) is 6.42 Å². The molecule has 0 radical (unpaired) electrons. The lowest BCUT2D eigenvalue weighted by molar-refractivity contribution is 0.0938. The van der Waals surface area contributed by atoms with Crippen molar-refractivity contribution in [3.8, 4) is 11.5 Å². The van der Waals surface area contributed by atoms with Gasteiger partial charge in [-0.15, -0.1) is 0 Å². The molecular weight excluding hydrogens is 218 g/mol. The molecule has 0 unspecified atom stereocenters. The Morgan fingerprint density at radius 3 is 2.82 bits per heavy atom. The molecule has 1 aliphatic rings. The van der Waals surface area contributed by atoms with Gasteiger partial charge in [0.05, 0.1) is 7.11 Å². The minimum absolute atomic E-state index is 0.0104. The first-order chi connectivity index (χ1) is 8.20. The van der Waals surface area contributed by atoms with Crippen molar-refractivity contribution in [3.05, 3.63) is 23.8 Å². The van der Waals surface area contributed by atoms with E-state index in [9.17, 15) is 9.90 Å². The molecule has 0 aliphatic heterocycles. The van der Waals surface area contributed by atoms with Gasteiger partial charge in [-0.3, -0.25) is 4.79 Å². The van der Waals surface area contributed by atoms with Gasteiger partial charge in [0.2, 0.25) is 0 Å². The molecule has 1 aromatic carbocycles. The molecule has 4 nitrogen and oxygen atoms in total. The number of hydrogen-bond acceptors (Lipinski definition) is 3. The summed E-state index contributed by atoms with van der Waals surface area (Å²) in [6.45, 7) is 0.728. The summed E-state index contributed by atoms with van der Waals surface area (Å²) in [5, 5.41) is 12.4. The highest BCUT2D eigenvalue weighted by atomic mass is 16.5. The highest BCUT2D eigenvalue weighted by molar-refractivity contribution is 5.94. The van der Waals surface area contributed by atoms with Crippen molar-refractivity contribution >= 4 is 5.91 Å². The zero-order valence-corrected chi connectivity index (χ0v) is 9.90. The molecule has 2 N–H and O–H groups in total. The summed E-state index contributed by atoms with van der Waals surface area (Å²) in [5.41, 5.74) is 0.461. The quantitative estimate of drug-likeness (QED) is 0.838. The largest absolute Gasteiger partial charge is 0.504 e. The average Bonchev–Trinajstić information content (AvgIpc) is 2.26. The first kappa shape index (κ1) is 11.8. The maximum atomic E-state index is 11.8. The summed E-state index contributed by atoms with van der Waals surface area (Å²) >= 11 is 0. The maximum absolute atomic E-state index is 11.8. The Bertz CT molecular complexity index is 413. The van der Waals surface area contributed by atoms with Gasteiger partial charge in [0.1, 0.15) is 0 Å². The number of amides is 1. The highest BCUT2D eigenvalue weighted by Crippen LogP contribution is 2.27. The zero-order valence-electron chi connectivity index (χ0n) is 9.90. The molecule has 1 saturated carbocycles. The molecule has 1 aromatic rings. The molecule has 1 amide bonds. The van der Waals surface area contributed by atoms with Gasteiger partial charge < -0.3 is 15.2 Å². The third-order valence-electron chi connectivity index (χ3n) is 3.22. The summed E-state index contributed by atoms with van der Waals surface area (Å²) < 4.78 is 4.92. The molecule has 2 rings (SSSR count). The number of phenols is 1. The third-order valence-corrected chi connectivity index (χ3v) is 3.22. The van der Waals surface area contributed by atoms with Gasteiger partial charge >= 0.3 is 0 Å². The van der Waals surface area contributed by atoms with Crippen LogP contribution in [0.5, 0.6) is 11.5 Å². The Kier molecular flexibility index (Phi) is 3.52. The van der Waals surface area contributed by atoms with Crippen molar-refractivity contribution in [2.24, 2.45) is 5.92 Å². The number of aromatic hydroxyl groups is 1. The number of hydrogen-bond donors (Lipinski definition) is 2. The van der Waals surface area contributed by atoms with Gasteiger partial charge in [0, 0.05) is 12.1 Å². The minimum atomic E-state index is -0.144. The number of methoxy groups -OCH3 is 1. The number of carbonyl (C=O) groups excluding carboxylic acids is 1. The monoisotopic (exact) mass is 235 g/mol. The molecule has 0 atom stereocenters. The summed E-state index contributed by atoms with van der Waals surface area (Å²) in [6, 6.07) is 4.66. The maximum Gasteiger partial charge on any atom is 0.251 e. The van der Waals surface area contributed by atoms with Crippen molar-refractivity contribution in [2.45, 2.75) is 19.3 Å². The Morgan fingerprint density at radius 1 is 1.53 bits per heavy atom. The Labute approximate surface area is 101 Å². The van der Waals surface area contributed by atoms with E-state index in [0.717, 1.165) is 6.54 Å². The second kappa shape index (κ2) is 5.08. The van der Waals surface area contributed by atoms with Gasteiger partial charge in [0.25, 0.3) is 5.91 Å². The second-order valence-electron chi connectivity index (χ2n) is 4.39. The van der Waals surface area contributed by atoms with Crippen LogP contribution in [-0.2, 0) is 0 Å². The van der Waals surface area contributed by atoms with E-state index in [0.29, 0.717) is 17.2 Å². The van der Waals surface area contributed by atoms with Crippen molar-refractivity contribution in [3.63, 3.8) is 0 Å². The van der Waals surface area contributed by atoms with E-state index in [1.54, 1.807) is 12.1 Å². The van der Waals surface area contributed by atoms with E-state index in [1.807, 2.05) is 0 Å². The molecule has 1 fully saturated rings. The smallest absolute Gasteiger partial charge is 0.251 e. The summed E-state index contributed by atoms with van der Waals surface area (Å²) in [7, 11) is 1.48. The van der Waals surface area contributed by atoms with E-state index < -0.39 is 0 Å². The number of ether oxygens (including phenoxy) is 1. The van der Waals surface area contributed by atoms with Crippen LogP contribution in [0.2, 0.25) is 0 Å². The predicted molar refractivity (Wildman–Crippen MR) is 64.3 cm³/mol. The van der Waals surface area contributed by atoms with Crippen LogP contribution < -0.4 is 10.1 Å². The van der Waals surface area contributed by atoms with Crippen molar-refractivity contribution in [2.75, 3.05) is 13.7 Å². The van der Waals surface area contributed by atoms with E-state index in [1.165, 1.54) is 32.4 Å². The summed E-state index contributed by atoms with van der Waals surface area (Å²) in [6.07, 6.45) is 3.67. The van der Waals surface area contributed by atoms with E-state index in [2.05, 4.69) is 5.32 Å². The normalized spacial score (nSPS) is 15.1. The lowest BCUT2D eigenvalue weighted by Crippen LogP contribution is -2.32. The van der Waals surface area contributed by atoms with Crippen molar-refractivity contribution < 1.29 is 14.6 Å². The van der Waals surface area contributed by atoms with Crippen LogP contribution in [0.3, 0.4) is 0 Å². The van der Waals surface area contributed by atoms with Crippen LogP contribution in [-0.4, -0.2) is 24.7 Å². The third kappa shape index (κ3) is 2.70. The van der Waals surface area contributed by atoms with Crippen molar-refractivity contribution in [1.29, 1.82) is 0 Å². The summed E-state index contributed by atoms with van der Waals surface area (Å²) in [4.78, 5) is 11.8. The van der Waals surface area contributed by atoms with E-state index in [-0.39, 0.29) is 11.7 Å². The number of phenolic OH excluding ortho intramolecular Hbond substituents is 1. The predicted octanol–water partition coefficient (Wildman–Crippen LogP) is 1.93. The summed E-state index contributed by atoms with van der Waals surface area (Å²) in [5.74, 6) is 0.852. The standard InChI is InChI=1S/C13H17NO3/c1-17-12-6-5-10(7-11(12)15)13(16)14-8-9-3-2-4-9/h5-7,9,15H,2-4,8H2,1H3,(H,14,16). The Morgan fingerprint density at radius 2 is 2.29 bits per heavy atom. The van der Waals surface area contributed by atoms with Gasteiger partial charge in [-0.05, 0) is 37.0 Å². The number of benzene rings is 1. The highest BCUT2D eigenvalue weighted by Gasteiger charge is 2.18. The fourth-order valence-corrected chi connectivity index (χ4v) is 1.87. The minimum Gasteiger partial charge on any atom is -0.504 e. The molecule has 1 aliphatic carbocycles. The van der Waals surface area contributed by atoms with Gasteiger partial charge in [-0.2, -0.15) is 0 Å². The first-order valence-electron chi connectivity index (χ1n) is 5.86. The lowest BCUT2D eigenvalue weighted by Gasteiger charge is -2.25. The van der Waals surface area contributed by atoms with Crippen LogP contribution >= 0.6 is 0 Å².